The van der Waals surface area contributed by atoms with E-state index >= 15 is 0 Å². The lowest BCUT2D eigenvalue weighted by atomic mass is 10.1. The Morgan fingerprint density at radius 3 is 2.50 bits per heavy atom. The first kappa shape index (κ1) is 19.8. The number of thioether (sulfide) groups is 1. The van der Waals surface area contributed by atoms with E-state index in [-0.39, 0.29) is 29.0 Å². The van der Waals surface area contributed by atoms with E-state index < -0.39 is 5.82 Å². The number of carbonyl (C=O) groups is 2. The van der Waals surface area contributed by atoms with Gasteiger partial charge in [0.15, 0.2) is 0 Å². The van der Waals surface area contributed by atoms with Crippen LogP contribution in [-0.2, 0) is 16.0 Å². The standard InChI is InChI=1S/C19H21FN2O3S/c1-25-17-9-5-2-6-14(17)10-11-21-18(23)12-26-13-19(24)22-16-8-4-3-7-15(16)20/h2-9H,10-13H2,1H3,(H,21,23)(H,22,24). The van der Waals surface area contributed by atoms with E-state index in [4.69, 9.17) is 4.74 Å². The molecule has 5 nitrogen and oxygen atoms in total. The average Bonchev–Trinajstić information content (AvgIpc) is 2.64. The molecule has 2 aromatic rings. The van der Waals surface area contributed by atoms with Gasteiger partial charge in [0.1, 0.15) is 11.6 Å². The van der Waals surface area contributed by atoms with E-state index in [1.165, 1.54) is 23.9 Å². The van der Waals surface area contributed by atoms with E-state index in [2.05, 4.69) is 10.6 Å². The van der Waals surface area contributed by atoms with Crippen LogP contribution in [0, 0.1) is 5.82 Å². The molecule has 0 heterocycles. The molecule has 0 aliphatic carbocycles. The van der Waals surface area contributed by atoms with Gasteiger partial charge in [-0.05, 0) is 30.2 Å². The van der Waals surface area contributed by atoms with Crippen LogP contribution in [0.5, 0.6) is 5.75 Å². The molecule has 2 amide bonds. The zero-order valence-electron chi connectivity index (χ0n) is 14.5. The topological polar surface area (TPSA) is 67.4 Å². The third kappa shape index (κ3) is 6.40. The van der Waals surface area contributed by atoms with Crippen molar-refractivity contribution in [3.63, 3.8) is 0 Å². The number of anilines is 1. The number of ether oxygens (including phenoxy) is 1. The normalized spacial score (nSPS) is 10.2. The lowest BCUT2D eigenvalue weighted by Gasteiger charge is -2.09. The molecule has 2 N–H and O–H groups in total. The van der Waals surface area contributed by atoms with Crippen LogP contribution in [0.4, 0.5) is 10.1 Å². The summed E-state index contributed by atoms with van der Waals surface area (Å²) >= 11 is 1.18. The van der Waals surface area contributed by atoms with Crippen molar-refractivity contribution in [2.45, 2.75) is 6.42 Å². The number of hydrogen-bond donors (Lipinski definition) is 2. The van der Waals surface area contributed by atoms with Crippen LogP contribution in [0.15, 0.2) is 48.5 Å². The van der Waals surface area contributed by atoms with Gasteiger partial charge in [-0.1, -0.05) is 30.3 Å². The van der Waals surface area contributed by atoms with Crippen LogP contribution in [-0.4, -0.2) is 37.0 Å². The summed E-state index contributed by atoms with van der Waals surface area (Å²) < 4.78 is 18.7. The second kappa shape index (κ2) is 10.5. The van der Waals surface area contributed by atoms with Gasteiger partial charge in [0, 0.05) is 6.54 Å². The van der Waals surface area contributed by atoms with Crippen LogP contribution in [0.3, 0.4) is 0 Å². The minimum atomic E-state index is -0.486. The van der Waals surface area contributed by atoms with Crippen molar-refractivity contribution in [3.8, 4) is 5.75 Å². The fourth-order valence-electron chi connectivity index (χ4n) is 2.28. The largest absolute Gasteiger partial charge is 0.496 e. The van der Waals surface area contributed by atoms with Crippen LogP contribution in [0.2, 0.25) is 0 Å². The maximum absolute atomic E-state index is 13.4. The molecule has 2 rings (SSSR count). The molecule has 0 aliphatic heterocycles. The Morgan fingerprint density at radius 2 is 1.73 bits per heavy atom. The number of carbonyl (C=O) groups excluding carboxylic acids is 2. The predicted octanol–water partition coefficient (Wildman–Crippen LogP) is 2.86. The van der Waals surface area contributed by atoms with E-state index in [0.29, 0.717) is 13.0 Å². The first-order valence-electron chi connectivity index (χ1n) is 8.11. The van der Waals surface area contributed by atoms with E-state index in [1.807, 2.05) is 24.3 Å². The van der Waals surface area contributed by atoms with Gasteiger partial charge in [-0.3, -0.25) is 9.59 Å². The molecule has 0 atom stereocenters. The Hall–Kier alpha value is -2.54. The molecule has 138 valence electrons. The Kier molecular flexibility index (Phi) is 7.95. The second-order valence-electron chi connectivity index (χ2n) is 5.43. The first-order chi connectivity index (χ1) is 12.6. The molecular formula is C19H21FN2O3S. The number of benzene rings is 2. The monoisotopic (exact) mass is 376 g/mol. The average molecular weight is 376 g/mol. The quantitative estimate of drug-likeness (QED) is 0.706. The van der Waals surface area contributed by atoms with Crippen molar-refractivity contribution in [1.82, 2.24) is 5.32 Å². The number of hydrogen-bond acceptors (Lipinski definition) is 4. The van der Waals surface area contributed by atoms with Crippen molar-refractivity contribution in [2.75, 3.05) is 30.5 Å². The fourth-order valence-corrected chi connectivity index (χ4v) is 2.93. The molecule has 0 aromatic heterocycles. The Morgan fingerprint density at radius 1 is 1.04 bits per heavy atom. The minimum absolute atomic E-state index is 0.0776. The molecule has 0 saturated carbocycles. The van der Waals surface area contributed by atoms with Crippen molar-refractivity contribution in [1.29, 1.82) is 0 Å². The SMILES string of the molecule is COc1ccccc1CCNC(=O)CSCC(=O)Nc1ccccc1F. The maximum atomic E-state index is 13.4. The summed E-state index contributed by atoms with van der Waals surface area (Å²) in [5.74, 6) is 0.0524. The summed E-state index contributed by atoms with van der Waals surface area (Å²) in [4.78, 5) is 23.6. The van der Waals surface area contributed by atoms with Gasteiger partial charge in [-0.15, -0.1) is 11.8 Å². The number of nitrogens with one attached hydrogen (secondary N) is 2. The molecular weight excluding hydrogens is 355 g/mol. The van der Waals surface area contributed by atoms with E-state index in [0.717, 1.165) is 11.3 Å². The first-order valence-corrected chi connectivity index (χ1v) is 9.26. The predicted molar refractivity (Wildman–Crippen MR) is 102 cm³/mol. The van der Waals surface area contributed by atoms with E-state index in [9.17, 15) is 14.0 Å². The zero-order chi connectivity index (χ0) is 18.8. The Bertz CT molecular complexity index is 755. The Labute approximate surface area is 156 Å². The number of halogens is 1. The second-order valence-corrected chi connectivity index (χ2v) is 6.42. The third-order valence-electron chi connectivity index (χ3n) is 3.52. The van der Waals surface area contributed by atoms with Gasteiger partial charge in [0.05, 0.1) is 24.3 Å². The summed E-state index contributed by atoms with van der Waals surface area (Å²) in [6.07, 6.45) is 0.661. The summed E-state index contributed by atoms with van der Waals surface area (Å²) in [6, 6.07) is 13.6. The lowest BCUT2D eigenvalue weighted by molar-refractivity contribution is -0.118. The van der Waals surface area contributed by atoms with Crippen LogP contribution in [0.25, 0.3) is 0 Å². The summed E-state index contributed by atoms with van der Waals surface area (Å²) in [6.45, 7) is 0.487. The van der Waals surface area contributed by atoms with Crippen LogP contribution < -0.4 is 15.4 Å². The highest BCUT2D eigenvalue weighted by molar-refractivity contribution is 8.00. The fraction of sp³-hybridized carbons (Fsp3) is 0.263. The van der Waals surface area contributed by atoms with Gasteiger partial charge >= 0.3 is 0 Å². The van der Waals surface area contributed by atoms with Crippen molar-refractivity contribution >= 4 is 29.3 Å². The molecule has 0 unspecified atom stereocenters. The summed E-state index contributed by atoms with van der Waals surface area (Å²) in [5.41, 5.74) is 1.16. The highest BCUT2D eigenvalue weighted by atomic mass is 32.2. The van der Waals surface area contributed by atoms with Gasteiger partial charge in [-0.2, -0.15) is 0 Å². The molecule has 7 heteroatoms. The van der Waals surface area contributed by atoms with Crippen molar-refractivity contribution < 1.29 is 18.7 Å². The Balaban J connectivity index is 1.64. The minimum Gasteiger partial charge on any atom is -0.496 e. The van der Waals surface area contributed by atoms with Crippen molar-refractivity contribution in [3.05, 3.63) is 59.9 Å². The van der Waals surface area contributed by atoms with Gasteiger partial charge in [0.25, 0.3) is 0 Å². The number of para-hydroxylation sites is 2. The van der Waals surface area contributed by atoms with Gasteiger partial charge in [0.2, 0.25) is 11.8 Å². The zero-order valence-corrected chi connectivity index (χ0v) is 15.3. The number of amides is 2. The van der Waals surface area contributed by atoms with Crippen LogP contribution >= 0.6 is 11.8 Å². The molecule has 0 fully saturated rings. The van der Waals surface area contributed by atoms with Gasteiger partial charge < -0.3 is 15.4 Å². The van der Waals surface area contributed by atoms with Crippen LogP contribution in [0.1, 0.15) is 5.56 Å². The highest BCUT2D eigenvalue weighted by Gasteiger charge is 2.08. The van der Waals surface area contributed by atoms with Crippen molar-refractivity contribution in [2.24, 2.45) is 0 Å². The third-order valence-corrected chi connectivity index (χ3v) is 4.46. The number of rotatable bonds is 9. The van der Waals surface area contributed by atoms with Gasteiger partial charge in [-0.25, -0.2) is 4.39 Å². The smallest absolute Gasteiger partial charge is 0.234 e. The summed E-state index contributed by atoms with van der Waals surface area (Å²) in [5, 5.41) is 5.29. The molecule has 0 bridgehead atoms. The highest BCUT2D eigenvalue weighted by Crippen LogP contribution is 2.17. The molecule has 0 saturated heterocycles. The van der Waals surface area contributed by atoms with E-state index in [1.54, 1.807) is 19.2 Å². The molecule has 26 heavy (non-hydrogen) atoms. The molecule has 0 spiro atoms. The molecule has 0 radical (unpaired) electrons. The summed E-state index contributed by atoms with van der Waals surface area (Å²) in [7, 11) is 1.61. The lowest BCUT2D eigenvalue weighted by Crippen LogP contribution is -2.28. The molecule has 0 aliphatic rings. The maximum Gasteiger partial charge on any atom is 0.234 e. The number of methoxy groups -OCH3 is 1. The molecule has 2 aromatic carbocycles.